The van der Waals surface area contributed by atoms with Gasteiger partial charge in [-0.05, 0) is 13.3 Å². The highest BCUT2D eigenvalue weighted by atomic mass is 16.3. The molecule has 0 aliphatic rings. The van der Waals surface area contributed by atoms with Gasteiger partial charge in [0.2, 0.25) is 0 Å². The summed E-state index contributed by atoms with van der Waals surface area (Å²) in [6, 6.07) is 0. The molecule has 0 saturated carbocycles. The van der Waals surface area contributed by atoms with Gasteiger partial charge in [0.25, 0.3) is 5.91 Å². The number of carbonyl (C=O) groups excluding carboxylic acids is 1. The van der Waals surface area contributed by atoms with Gasteiger partial charge in [-0.25, -0.2) is 9.97 Å². The lowest BCUT2D eigenvalue weighted by atomic mass is 10.3. The van der Waals surface area contributed by atoms with Crippen LogP contribution in [0.3, 0.4) is 0 Å². The zero-order valence-corrected chi connectivity index (χ0v) is 10.9. The molecular weight excluding hydrogens is 232 g/mol. The number of carbonyl (C=O) groups is 1. The summed E-state index contributed by atoms with van der Waals surface area (Å²) in [7, 11) is 0. The van der Waals surface area contributed by atoms with Crippen molar-refractivity contribution in [2.24, 2.45) is 0 Å². The average molecular weight is 252 g/mol. The van der Waals surface area contributed by atoms with E-state index in [2.05, 4.69) is 15.3 Å². The Bertz CT molecular complexity index is 361. The molecule has 0 fully saturated rings. The molecule has 0 saturated heterocycles. The third-order valence-corrected chi connectivity index (χ3v) is 2.38. The van der Waals surface area contributed by atoms with Gasteiger partial charge in [0.15, 0.2) is 0 Å². The lowest BCUT2D eigenvalue weighted by Gasteiger charge is -2.20. The Balaban J connectivity index is 2.74. The zero-order valence-electron chi connectivity index (χ0n) is 10.9. The van der Waals surface area contributed by atoms with Gasteiger partial charge in [-0.2, -0.15) is 0 Å². The molecule has 0 aromatic carbocycles. The number of amides is 1. The number of aliphatic hydroxyl groups excluding tert-OH is 1. The van der Waals surface area contributed by atoms with E-state index in [1.165, 1.54) is 6.20 Å². The Morgan fingerprint density at radius 3 is 2.61 bits per heavy atom. The summed E-state index contributed by atoms with van der Waals surface area (Å²) in [6.07, 6.45) is 3.84. The van der Waals surface area contributed by atoms with Crippen molar-refractivity contribution < 1.29 is 9.90 Å². The lowest BCUT2D eigenvalue weighted by molar-refractivity contribution is 0.0715. The molecule has 2 N–H and O–H groups in total. The van der Waals surface area contributed by atoms with E-state index in [-0.39, 0.29) is 12.5 Å². The fourth-order valence-electron chi connectivity index (χ4n) is 1.58. The Morgan fingerprint density at radius 1 is 1.33 bits per heavy atom. The van der Waals surface area contributed by atoms with Crippen LogP contribution in [0, 0.1) is 0 Å². The molecule has 0 radical (unpaired) electrons. The second-order valence-electron chi connectivity index (χ2n) is 3.83. The first-order chi connectivity index (χ1) is 8.72. The molecule has 0 bridgehead atoms. The molecule has 1 aromatic rings. The van der Waals surface area contributed by atoms with Crippen molar-refractivity contribution in [3.8, 4) is 0 Å². The smallest absolute Gasteiger partial charge is 0.274 e. The monoisotopic (exact) mass is 252 g/mol. The Kier molecular flexibility index (Phi) is 6.07. The maximum absolute atomic E-state index is 12.1. The van der Waals surface area contributed by atoms with E-state index in [0.717, 1.165) is 13.0 Å². The highest BCUT2D eigenvalue weighted by Gasteiger charge is 2.16. The molecule has 0 aliphatic carbocycles. The highest BCUT2D eigenvalue weighted by molar-refractivity contribution is 5.92. The van der Waals surface area contributed by atoms with E-state index in [1.54, 1.807) is 11.1 Å². The average Bonchev–Trinajstić information content (AvgIpc) is 2.39. The quantitative estimate of drug-likeness (QED) is 0.749. The SMILES string of the molecule is CCCN(CCO)C(=O)c1cnc(NCC)cn1. The number of nitrogens with zero attached hydrogens (tertiary/aromatic N) is 3. The first kappa shape index (κ1) is 14.4. The number of hydrogen-bond donors (Lipinski definition) is 2. The molecule has 100 valence electrons. The molecule has 0 spiro atoms. The number of rotatable bonds is 7. The van der Waals surface area contributed by atoms with E-state index < -0.39 is 0 Å². The van der Waals surface area contributed by atoms with Gasteiger partial charge in [0.05, 0.1) is 19.0 Å². The minimum atomic E-state index is -0.193. The number of hydrogen-bond acceptors (Lipinski definition) is 5. The van der Waals surface area contributed by atoms with E-state index in [0.29, 0.717) is 24.6 Å². The summed E-state index contributed by atoms with van der Waals surface area (Å²) in [5, 5.41) is 11.9. The van der Waals surface area contributed by atoms with Crippen LogP contribution < -0.4 is 5.32 Å². The Labute approximate surface area is 107 Å². The van der Waals surface area contributed by atoms with Crippen molar-refractivity contribution in [3.05, 3.63) is 18.1 Å². The van der Waals surface area contributed by atoms with Gasteiger partial charge in [0, 0.05) is 19.6 Å². The molecule has 18 heavy (non-hydrogen) atoms. The summed E-state index contributed by atoms with van der Waals surface area (Å²) in [6.45, 7) is 5.59. The predicted molar refractivity (Wildman–Crippen MR) is 69.5 cm³/mol. The van der Waals surface area contributed by atoms with Crippen molar-refractivity contribution in [1.29, 1.82) is 0 Å². The van der Waals surface area contributed by atoms with E-state index in [1.807, 2.05) is 13.8 Å². The van der Waals surface area contributed by atoms with Gasteiger partial charge in [-0.1, -0.05) is 6.92 Å². The molecule has 0 atom stereocenters. The number of aliphatic hydroxyl groups is 1. The van der Waals surface area contributed by atoms with Crippen LogP contribution in [0.25, 0.3) is 0 Å². The maximum atomic E-state index is 12.1. The number of aromatic nitrogens is 2. The van der Waals surface area contributed by atoms with Crippen molar-refractivity contribution in [3.63, 3.8) is 0 Å². The number of nitrogens with one attached hydrogen (secondary N) is 1. The predicted octanol–water partition coefficient (Wildman–Crippen LogP) is 0.753. The zero-order chi connectivity index (χ0) is 13.4. The second kappa shape index (κ2) is 7.60. The van der Waals surface area contributed by atoms with Crippen LogP contribution in [-0.2, 0) is 0 Å². The summed E-state index contributed by atoms with van der Waals surface area (Å²) in [5.74, 6) is 0.458. The summed E-state index contributed by atoms with van der Waals surface area (Å²) in [4.78, 5) is 21.9. The standard InChI is InChI=1S/C12H20N4O2/c1-3-5-16(6-7-17)12(18)10-8-15-11(9-14-10)13-4-2/h8-9,17H,3-7H2,1-2H3,(H,13,15). The van der Waals surface area contributed by atoms with Crippen molar-refractivity contribution in [2.75, 3.05) is 31.6 Å². The third kappa shape index (κ3) is 3.96. The van der Waals surface area contributed by atoms with Crippen LogP contribution in [0.4, 0.5) is 5.82 Å². The molecule has 6 heteroatoms. The molecule has 0 aliphatic heterocycles. The van der Waals surface area contributed by atoms with Crippen LogP contribution in [0.2, 0.25) is 0 Å². The molecule has 1 aromatic heterocycles. The third-order valence-electron chi connectivity index (χ3n) is 2.38. The second-order valence-corrected chi connectivity index (χ2v) is 3.83. The van der Waals surface area contributed by atoms with Gasteiger partial charge in [-0.3, -0.25) is 4.79 Å². The number of anilines is 1. The molecule has 0 unspecified atom stereocenters. The largest absolute Gasteiger partial charge is 0.395 e. The van der Waals surface area contributed by atoms with E-state index >= 15 is 0 Å². The lowest BCUT2D eigenvalue weighted by Crippen LogP contribution is -2.34. The molecular formula is C12H20N4O2. The first-order valence-electron chi connectivity index (χ1n) is 6.19. The summed E-state index contributed by atoms with van der Waals surface area (Å²) < 4.78 is 0. The minimum Gasteiger partial charge on any atom is -0.395 e. The molecule has 1 rings (SSSR count). The van der Waals surface area contributed by atoms with Crippen molar-refractivity contribution >= 4 is 11.7 Å². The van der Waals surface area contributed by atoms with Crippen LogP contribution >= 0.6 is 0 Å². The highest BCUT2D eigenvalue weighted by Crippen LogP contribution is 2.05. The van der Waals surface area contributed by atoms with Crippen LogP contribution in [0.5, 0.6) is 0 Å². The van der Waals surface area contributed by atoms with E-state index in [9.17, 15) is 4.79 Å². The summed E-state index contributed by atoms with van der Waals surface area (Å²) in [5.41, 5.74) is 0.304. The summed E-state index contributed by atoms with van der Waals surface area (Å²) >= 11 is 0. The molecule has 1 amide bonds. The van der Waals surface area contributed by atoms with Gasteiger partial charge < -0.3 is 15.3 Å². The Hall–Kier alpha value is -1.69. The van der Waals surface area contributed by atoms with Gasteiger partial charge in [0.1, 0.15) is 11.5 Å². The maximum Gasteiger partial charge on any atom is 0.274 e. The van der Waals surface area contributed by atoms with Gasteiger partial charge >= 0.3 is 0 Å². The Morgan fingerprint density at radius 2 is 2.11 bits per heavy atom. The van der Waals surface area contributed by atoms with Crippen LogP contribution in [0.15, 0.2) is 12.4 Å². The van der Waals surface area contributed by atoms with E-state index in [4.69, 9.17) is 5.11 Å². The fraction of sp³-hybridized carbons (Fsp3) is 0.583. The minimum absolute atomic E-state index is 0.0470. The molecule has 6 nitrogen and oxygen atoms in total. The fourth-order valence-corrected chi connectivity index (χ4v) is 1.58. The van der Waals surface area contributed by atoms with Crippen LogP contribution in [-0.4, -0.2) is 52.1 Å². The van der Waals surface area contributed by atoms with Crippen molar-refractivity contribution in [2.45, 2.75) is 20.3 Å². The van der Waals surface area contributed by atoms with Crippen LogP contribution in [0.1, 0.15) is 30.8 Å². The normalized spacial score (nSPS) is 10.2. The molecule has 1 heterocycles. The van der Waals surface area contributed by atoms with Crippen molar-refractivity contribution in [1.82, 2.24) is 14.9 Å². The van der Waals surface area contributed by atoms with Gasteiger partial charge in [-0.15, -0.1) is 0 Å². The first-order valence-corrected chi connectivity index (χ1v) is 6.19. The topological polar surface area (TPSA) is 78.3 Å².